The van der Waals surface area contributed by atoms with E-state index in [2.05, 4.69) is 10.1 Å². The first-order valence-electron chi connectivity index (χ1n) is 7.61. The second-order valence-corrected chi connectivity index (χ2v) is 5.74. The van der Waals surface area contributed by atoms with Crippen molar-refractivity contribution in [2.45, 2.75) is 32.0 Å². The highest BCUT2D eigenvalue weighted by molar-refractivity contribution is 5.94. The number of halogens is 3. The van der Waals surface area contributed by atoms with E-state index in [-0.39, 0.29) is 18.5 Å². The van der Waals surface area contributed by atoms with E-state index in [0.717, 1.165) is 5.56 Å². The van der Waals surface area contributed by atoms with Gasteiger partial charge in [0, 0.05) is 18.7 Å². The van der Waals surface area contributed by atoms with Gasteiger partial charge >= 0.3 is 12.3 Å². The van der Waals surface area contributed by atoms with Crippen LogP contribution < -0.4 is 5.32 Å². The highest BCUT2D eigenvalue weighted by atomic mass is 19.4. The van der Waals surface area contributed by atoms with Gasteiger partial charge in [0.15, 0.2) is 6.61 Å². The van der Waals surface area contributed by atoms with Gasteiger partial charge in [-0.1, -0.05) is 17.7 Å². The summed E-state index contributed by atoms with van der Waals surface area (Å²) in [5, 5.41) is 2.71. The van der Waals surface area contributed by atoms with Crippen molar-refractivity contribution in [1.29, 1.82) is 0 Å². The molecule has 0 aliphatic carbocycles. The van der Waals surface area contributed by atoms with Gasteiger partial charge in [0.1, 0.15) is 0 Å². The number of nitrogens with one attached hydrogen (secondary N) is 1. The summed E-state index contributed by atoms with van der Waals surface area (Å²) in [6, 6.07) is 6.64. The SMILES string of the molecule is Cc1ccc(C(=O)NC[C@@H]2CCCN2C(=O)OCC(F)(F)F)cc1. The number of carbonyl (C=O) groups is 2. The zero-order valence-corrected chi connectivity index (χ0v) is 13.2. The Kier molecular flexibility index (Phi) is 5.69. The highest BCUT2D eigenvalue weighted by Gasteiger charge is 2.34. The molecule has 0 radical (unpaired) electrons. The molecule has 1 heterocycles. The van der Waals surface area contributed by atoms with E-state index in [1.165, 1.54) is 4.90 Å². The largest absolute Gasteiger partial charge is 0.440 e. The number of hydrogen-bond acceptors (Lipinski definition) is 3. The predicted molar refractivity (Wildman–Crippen MR) is 80.6 cm³/mol. The van der Waals surface area contributed by atoms with Crippen LogP contribution >= 0.6 is 0 Å². The van der Waals surface area contributed by atoms with Crippen LogP contribution in [-0.4, -0.2) is 48.8 Å². The summed E-state index contributed by atoms with van der Waals surface area (Å²) in [4.78, 5) is 25.0. The molecule has 1 atom stereocenters. The van der Waals surface area contributed by atoms with E-state index in [9.17, 15) is 22.8 Å². The molecule has 0 unspecified atom stereocenters. The lowest BCUT2D eigenvalue weighted by Crippen LogP contribution is -2.44. The van der Waals surface area contributed by atoms with Crippen molar-refractivity contribution in [2.75, 3.05) is 19.7 Å². The minimum atomic E-state index is -4.55. The molecule has 1 saturated heterocycles. The second-order valence-electron chi connectivity index (χ2n) is 5.74. The van der Waals surface area contributed by atoms with Gasteiger partial charge in [0.2, 0.25) is 0 Å². The molecule has 2 rings (SSSR count). The second kappa shape index (κ2) is 7.55. The summed E-state index contributed by atoms with van der Waals surface area (Å²) >= 11 is 0. The fourth-order valence-corrected chi connectivity index (χ4v) is 2.53. The standard InChI is InChI=1S/C16H19F3N2O3/c1-11-4-6-12(7-5-11)14(22)20-9-13-3-2-8-21(13)15(23)24-10-16(17,18)19/h4-7,13H,2-3,8-10H2,1H3,(H,20,22)/t13-/m0/s1. The Bertz CT molecular complexity index is 587. The number of amides is 2. The van der Waals surface area contributed by atoms with Gasteiger partial charge < -0.3 is 15.0 Å². The van der Waals surface area contributed by atoms with Crippen LogP contribution in [0.1, 0.15) is 28.8 Å². The van der Waals surface area contributed by atoms with E-state index in [0.29, 0.717) is 24.9 Å². The lowest BCUT2D eigenvalue weighted by atomic mass is 10.1. The average molecular weight is 344 g/mol. The van der Waals surface area contributed by atoms with E-state index >= 15 is 0 Å². The fourth-order valence-electron chi connectivity index (χ4n) is 2.53. The van der Waals surface area contributed by atoms with E-state index < -0.39 is 18.9 Å². The molecule has 5 nitrogen and oxygen atoms in total. The summed E-state index contributed by atoms with van der Waals surface area (Å²) in [6.07, 6.45) is -4.29. The quantitative estimate of drug-likeness (QED) is 0.914. The Morgan fingerprint density at radius 1 is 1.29 bits per heavy atom. The average Bonchev–Trinajstić information content (AvgIpc) is 2.99. The number of ether oxygens (including phenoxy) is 1. The summed E-state index contributed by atoms with van der Waals surface area (Å²) in [7, 11) is 0. The minimum absolute atomic E-state index is 0.174. The predicted octanol–water partition coefficient (Wildman–Crippen LogP) is 2.89. The van der Waals surface area contributed by atoms with Crippen molar-refractivity contribution < 1.29 is 27.5 Å². The Morgan fingerprint density at radius 3 is 2.58 bits per heavy atom. The number of benzene rings is 1. The zero-order chi connectivity index (χ0) is 17.7. The normalized spacial score (nSPS) is 17.7. The first-order chi connectivity index (χ1) is 11.3. The number of likely N-dealkylation sites (tertiary alicyclic amines) is 1. The van der Waals surface area contributed by atoms with E-state index in [1.54, 1.807) is 12.1 Å². The maximum Gasteiger partial charge on any atom is 0.422 e. The molecule has 1 aliphatic rings. The first kappa shape index (κ1) is 18.1. The molecule has 1 aliphatic heterocycles. The van der Waals surface area contributed by atoms with Crippen LogP contribution in [0.3, 0.4) is 0 Å². The van der Waals surface area contributed by atoms with Crippen LogP contribution in [0.25, 0.3) is 0 Å². The van der Waals surface area contributed by atoms with Crippen LogP contribution in [0, 0.1) is 6.92 Å². The maximum atomic E-state index is 12.1. The molecule has 1 aromatic carbocycles. The Labute approximate surface area is 137 Å². The summed E-state index contributed by atoms with van der Waals surface area (Å²) in [5.41, 5.74) is 1.52. The number of alkyl halides is 3. The van der Waals surface area contributed by atoms with Crippen molar-refractivity contribution in [3.8, 4) is 0 Å². The molecule has 1 aromatic rings. The number of rotatable bonds is 4. The number of nitrogens with zero attached hydrogens (tertiary/aromatic N) is 1. The third kappa shape index (κ3) is 5.14. The fraction of sp³-hybridized carbons (Fsp3) is 0.500. The number of carbonyl (C=O) groups excluding carboxylic acids is 2. The van der Waals surface area contributed by atoms with Crippen molar-refractivity contribution in [2.24, 2.45) is 0 Å². The van der Waals surface area contributed by atoms with Gasteiger partial charge in [-0.05, 0) is 31.9 Å². The van der Waals surface area contributed by atoms with Crippen LogP contribution in [0.4, 0.5) is 18.0 Å². The molecular weight excluding hydrogens is 325 g/mol. The lowest BCUT2D eigenvalue weighted by molar-refractivity contribution is -0.162. The third-order valence-electron chi connectivity index (χ3n) is 3.78. The Morgan fingerprint density at radius 2 is 1.96 bits per heavy atom. The molecule has 0 spiro atoms. The van der Waals surface area contributed by atoms with Gasteiger partial charge in [-0.2, -0.15) is 13.2 Å². The number of hydrogen-bond donors (Lipinski definition) is 1. The molecular formula is C16H19F3N2O3. The molecule has 0 bridgehead atoms. The molecule has 8 heteroatoms. The topological polar surface area (TPSA) is 58.6 Å². The highest BCUT2D eigenvalue weighted by Crippen LogP contribution is 2.20. The smallest absolute Gasteiger partial charge is 0.422 e. The van der Waals surface area contributed by atoms with Crippen molar-refractivity contribution >= 4 is 12.0 Å². The van der Waals surface area contributed by atoms with Gasteiger partial charge in [-0.25, -0.2) is 4.79 Å². The van der Waals surface area contributed by atoms with Crippen molar-refractivity contribution in [3.05, 3.63) is 35.4 Å². The number of aryl methyl sites for hydroxylation is 1. The monoisotopic (exact) mass is 344 g/mol. The zero-order valence-electron chi connectivity index (χ0n) is 13.2. The summed E-state index contributed by atoms with van der Waals surface area (Å²) in [5.74, 6) is -0.287. The van der Waals surface area contributed by atoms with Crippen LogP contribution in [-0.2, 0) is 4.74 Å². The van der Waals surface area contributed by atoms with Gasteiger partial charge in [-0.3, -0.25) is 4.79 Å². The van der Waals surface area contributed by atoms with Crippen LogP contribution in [0.2, 0.25) is 0 Å². The van der Waals surface area contributed by atoms with Crippen molar-refractivity contribution in [1.82, 2.24) is 10.2 Å². The molecule has 132 valence electrons. The Hall–Kier alpha value is -2.25. The first-order valence-corrected chi connectivity index (χ1v) is 7.61. The summed E-state index contributed by atoms with van der Waals surface area (Å²) < 4.78 is 40.6. The maximum absolute atomic E-state index is 12.1. The third-order valence-corrected chi connectivity index (χ3v) is 3.78. The van der Waals surface area contributed by atoms with Gasteiger partial charge in [0.25, 0.3) is 5.91 Å². The van der Waals surface area contributed by atoms with Crippen molar-refractivity contribution in [3.63, 3.8) is 0 Å². The molecule has 0 saturated carbocycles. The molecule has 0 aromatic heterocycles. The van der Waals surface area contributed by atoms with E-state index in [1.807, 2.05) is 19.1 Å². The van der Waals surface area contributed by atoms with Crippen LogP contribution in [0.5, 0.6) is 0 Å². The van der Waals surface area contributed by atoms with Gasteiger partial charge in [0.05, 0.1) is 6.04 Å². The molecule has 2 amide bonds. The van der Waals surface area contributed by atoms with E-state index in [4.69, 9.17) is 0 Å². The van der Waals surface area contributed by atoms with Gasteiger partial charge in [-0.15, -0.1) is 0 Å². The lowest BCUT2D eigenvalue weighted by Gasteiger charge is -2.24. The molecule has 24 heavy (non-hydrogen) atoms. The Balaban J connectivity index is 1.85. The molecule has 1 N–H and O–H groups in total. The molecule has 1 fully saturated rings. The van der Waals surface area contributed by atoms with Crippen LogP contribution in [0.15, 0.2) is 24.3 Å². The summed E-state index contributed by atoms with van der Waals surface area (Å²) in [6.45, 7) is 0.797. The minimum Gasteiger partial charge on any atom is -0.440 e.